The highest BCUT2D eigenvalue weighted by Gasteiger charge is 2.59. The molecule has 3 heterocycles. The van der Waals surface area contributed by atoms with Crippen molar-refractivity contribution < 1.29 is 4.74 Å². The number of fused-ring (bicyclic) bond motifs is 7. The number of hydrogen-bond donors (Lipinski definition) is 0. The second-order valence-corrected chi connectivity index (χ2v) is 16.2. The lowest BCUT2D eigenvalue weighted by atomic mass is 9.56. The molecular weight excluding hydrogens is 657 g/mol. The lowest BCUT2D eigenvalue weighted by Gasteiger charge is -2.51. The van der Waals surface area contributed by atoms with E-state index in [2.05, 4.69) is 189 Å². The minimum absolute atomic E-state index is 0.176. The van der Waals surface area contributed by atoms with Gasteiger partial charge >= 0.3 is 0 Å². The molecule has 1 spiro atoms. The maximum absolute atomic E-state index is 6.88. The van der Waals surface area contributed by atoms with Gasteiger partial charge in [0.2, 0.25) is 0 Å². The van der Waals surface area contributed by atoms with Crippen LogP contribution in [-0.4, -0.2) is 10.1 Å². The molecule has 0 N–H and O–H groups in total. The van der Waals surface area contributed by atoms with Gasteiger partial charge in [-0.2, -0.15) is 0 Å². The Morgan fingerprint density at radius 3 is 2.11 bits per heavy atom. The van der Waals surface area contributed by atoms with Crippen molar-refractivity contribution in [2.75, 3.05) is 4.90 Å². The summed E-state index contributed by atoms with van der Waals surface area (Å²) >= 11 is 0. The van der Waals surface area contributed by atoms with E-state index in [9.17, 15) is 0 Å². The average molecular weight is 697 g/mol. The number of allylic oxidation sites excluding steroid dienone is 4. The van der Waals surface area contributed by atoms with Gasteiger partial charge in [0.1, 0.15) is 11.5 Å². The summed E-state index contributed by atoms with van der Waals surface area (Å²) in [5.74, 6) is 2.67. The van der Waals surface area contributed by atoms with Crippen molar-refractivity contribution in [2.24, 2.45) is 17.8 Å². The highest BCUT2D eigenvalue weighted by Crippen LogP contribution is 2.69. The average Bonchev–Trinajstić information content (AvgIpc) is 3.70. The molecule has 7 aromatic rings. The number of para-hydroxylation sites is 3. The second kappa shape index (κ2) is 10.3. The van der Waals surface area contributed by atoms with E-state index in [0.717, 1.165) is 11.5 Å². The van der Waals surface area contributed by atoms with Crippen molar-refractivity contribution in [1.82, 2.24) is 4.57 Å². The van der Waals surface area contributed by atoms with Gasteiger partial charge in [0, 0.05) is 50.8 Å². The molecule has 54 heavy (non-hydrogen) atoms. The monoisotopic (exact) mass is 696 g/mol. The van der Waals surface area contributed by atoms with Crippen LogP contribution in [0.3, 0.4) is 0 Å². The summed E-state index contributed by atoms with van der Waals surface area (Å²) in [5, 5.41) is 2.51. The molecule has 260 valence electrons. The highest BCUT2D eigenvalue weighted by atomic mass is 16.5. The summed E-state index contributed by atoms with van der Waals surface area (Å²) in [4.78, 5) is 2.65. The van der Waals surface area contributed by atoms with Gasteiger partial charge < -0.3 is 14.2 Å². The summed E-state index contributed by atoms with van der Waals surface area (Å²) in [7, 11) is 0. The molecule has 0 saturated heterocycles. The number of ether oxygens (including phenoxy) is 1. The number of rotatable bonds is 2. The lowest BCUT2D eigenvalue weighted by Crippen LogP contribution is -2.49. The molecule has 3 heteroatoms. The Bertz CT molecular complexity index is 2890. The highest BCUT2D eigenvalue weighted by molar-refractivity contribution is 6.10. The summed E-state index contributed by atoms with van der Waals surface area (Å²) in [6, 6.07) is 51.8. The summed E-state index contributed by atoms with van der Waals surface area (Å²) in [6.45, 7) is 9.88. The van der Waals surface area contributed by atoms with Crippen LogP contribution in [0.15, 0.2) is 168 Å². The van der Waals surface area contributed by atoms with Crippen LogP contribution in [-0.2, 0) is 5.41 Å². The molecule has 1 aromatic heterocycles. The van der Waals surface area contributed by atoms with Crippen molar-refractivity contribution in [1.29, 1.82) is 0 Å². The molecule has 12 rings (SSSR count). The molecule has 5 atom stereocenters. The zero-order chi connectivity index (χ0) is 36.1. The zero-order valence-electron chi connectivity index (χ0n) is 31.0. The molecule has 6 aromatic carbocycles. The minimum Gasteiger partial charge on any atom is -0.457 e. The van der Waals surface area contributed by atoms with E-state index in [0.29, 0.717) is 5.92 Å². The Morgan fingerprint density at radius 2 is 1.24 bits per heavy atom. The van der Waals surface area contributed by atoms with Crippen LogP contribution < -0.4 is 9.64 Å². The maximum Gasteiger partial charge on any atom is 0.132 e. The van der Waals surface area contributed by atoms with Gasteiger partial charge in [0.05, 0.1) is 22.0 Å². The van der Waals surface area contributed by atoms with Crippen LogP contribution in [0.25, 0.3) is 33.1 Å². The molecule has 5 aliphatic rings. The second-order valence-electron chi connectivity index (χ2n) is 16.2. The molecule has 0 fully saturated rings. The Labute approximate surface area is 316 Å². The SMILES string of the molecule is CC1C=CC2(C)C3=C1C(C)C1=C(C3C)C3(c4ccccc4Oc4ccc(cc43)N2c2ccc3c(c2)c2ccccc2n3-c2ccccc2)c2ccccc21. The van der Waals surface area contributed by atoms with Crippen LogP contribution in [0.2, 0.25) is 0 Å². The van der Waals surface area contributed by atoms with Gasteiger partial charge in [-0.1, -0.05) is 117 Å². The Morgan fingerprint density at radius 1 is 0.556 bits per heavy atom. The van der Waals surface area contributed by atoms with Gasteiger partial charge in [-0.3, -0.25) is 0 Å². The van der Waals surface area contributed by atoms with E-state index in [1.165, 1.54) is 77.8 Å². The van der Waals surface area contributed by atoms with E-state index in [4.69, 9.17) is 4.74 Å². The van der Waals surface area contributed by atoms with Crippen molar-refractivity contribution >= 4 is 38.8 Å². The lowest BCUT2D eigenvalue weighted by molar-refractivity contribution is 0.423. The molecule has 3 nitrogen and oxygen atoms in total. The third-order valence-corrected chi connectivity index (χ3v) is 13.7. The summed E-state index contributed by atoms with van der Waals surface area (Å²) in [6.07, 6.45) is 5.01. The number of anilines is 2. The fourth-order valence-corrected chi connectivity index (χ4v) is 11.8. The number of nitrogens with zero attached hydrogens (tertiary/aromatic N) is 2. The maximum atomic E-state index is 6.88. The zero-order valence-corrected chi connectivity index (χ0v) is 31.0. The number of benzene rings is 6. The third-order valence-electron chi connectivity index (χ3n) is 13.7. The topological polar surface area (TPSA) is 17.4 Å². The molecule has 2 aliphatic heterocycles. The first-order valence-corrected chi connectivity index (χ1v) is 19.5. The fourth-order valence-electron chi connectivity index (χ4n) is 11.8. The summed E-state index contributed by atoms with van der Waals surface area (Å²) in [5.41, 5.74) is 16.5. The van der Waals surface area contributed by atoms with E-state index in [1.54, 1.807) is 5.57 Å². The van der Waals surface area contributed by atoms with E-state index >= 15 is 0 Å². The number of aromatic nitrogens is 1. The quantitative estimate of drug-likeness (QED) is 0.167. The Kier molecular flexibility index (Phi) is 5.82. The van der Waals surface area contributed by atoms with Crippen molar-refractivity contribution in [3.63, 3.8) is 0 Å². The van der Waals surface area contributed by atoms with Gasteiger partial charge in [-0.05, 0) is 101 Å². The minimum atomic E-state index is -0.466. The molecular formula is C51H40N2O. The van der Waals surface area contributed by atoms with Gasteiger partial charge in [-0.15, -0.1) is 0 Å². The summed E-state index contributed by atoms with van der Waals surface area (Å²) < 4.78 is 9.29. The molecule has 0 amide bonds. The first kappa shape index (κ1) is 30.4. The first-order chi connectivity index (χ1) is 26.4. The van der Waals surface area contributed by atoms with Crippen LogP contribution in [0.4, 0.5) is 11.4 Å². The smallest absolute Gasteiger partial charge is 0.132 e. The van der Waals surface area contributed by atoms with Crippen LogP contribution in [0, 0.1) is 17.8 Å². The van der Waals surface area contributed by atoms with Crippen molar-refractivity contribution in [3.05, 3.63) is 191 Å². The third kappa shape index (κ3) is 3.49. The predicted octanol–water partition coefficient (Wildman–Crippen LogP) is 12.7. The van der Waals surface area contributed by atoms with Crippen molar-refractivity contribution in [2.45, 2.75) is 38.6 Å². The van der Waals surface area contributed by atoms with Gasteiger partial charge in [0.15, 0.2) is 0 Å². The normalized spacial score (nSPS) is 25.6. The van der Waals surface area contributed by atoms with Gasteiger partial charge in [-0.25, -0.2) is 0 Å². The largest absolute Gasteiger partial charge is 0.457 e. The number of hydrogen-bond acceptors (Lipinski definition) is 2. The van der Waals surface area contributed by atoms with Crippen LogP contribution in [0.5, 0.6) is 11.5 Å². The predicted molar refractivity (Wildman–Crippen MR) is 221 cm³/mol. The van der Waals surface area contributed by atoms with Gasteiger partial charge in [0.25, 0.3) is 0 Å². The van der Waals surface area contributed by atoms with Crippen molar-refractivity contribution in [3.8, 4) is 17.2 Å². The molecule has 5 unspecified atom stereocenters. The first-order valence-electron chi connectivity index (χ1n) is 19.5. The standard InChI is InChI=1S/C51H40N2O/c1-30-26-27-50(4)48-32(3)49-47(31(2)46(30)48)37-17-8-10-18-39(37)51(49)40-19-11-13-21-44(40)54-45-25-23-35(29-41(45)51)53(50)34-22-24-43-38(28-34)36-16-9-12-20-42(36)52(43)33-14-6-5-7-15-33/h5-32H,1-4H3. The molecule has 3 aliphatic carbocycles. The Hall–Kier alpha value is -6.06. The molecule has 4 bridgehead atoms. The van der Waals surface area contributed by atoms with E-state index in [1.807, 2.05) is 0 Å². The van der Waals surface area contributed by atoms with E-state index in [-0.39, 0.29) is 11.8 Å². The molecule has 0 saturated carbocycles. The van der Waals surface area contributed by atoms with Crippen LogP contribution in [0.1, 0.15) is 49.9 Å². The molecule has 0 radical (unpaired) electrons. The fraction of sp³-hybridized carbons (Fsp3) is 0.176. The van der Waals surface area contributed by atoms with Crippen LogP contribution >= 0.6 is 0 Å². The Balaban J connectivity index is 1.21. The van der Waals surface area contributed by atoms with E-state index < -0.39 is 11.0 Å².